The van der Waals surface area contributed by atoms with Crippen LogP contribution in [-0.2, 0) is 11.3 Å². The van der Waals surface area contributed by atoms with Gasteiger partial charge in [-0.25, -0.2) is 4.79 Å². The van der Waals surface area contributed by atoms with Gasteiger partial charge in [0, 0.05) is 12.1 Å². The molecule has 0 N–H and O–H groups in total. The summed E-state index contributed by atoms with van der Waals surface area (Å²) in [6.07, 6.45) is 0. The minimum Gasteiger partial charge on any atom is -0.457 e. The van der Waals surface area contributed by atoms with Crippen molar-refractivity contribution in [2.45, 2.75) is 6.61 Å². The van der Waals surface area contributed by atoms with Crippen LogP contribution in [0.25, 0.3) is 0 Å². The number of nitro groups is 1. The number of rotatable bonds is 6. The van der Waals surface area contributed by atoms with Crippen LogP contribution in [0.3, 0.4) is 0 Å². The summed E-state index contributed by atoms with van der Waals surface area (Å²) in [5, 5.41) is 10.7. The van der Waals surface area contributed by atoms with E-state index >= 15 is 0 Å². The van der Waals surface area contributed by atoms with Gasteiger partial charge < -0.3 is 9.47 Å². The fraction of sp³-hybridized carbons (Fsp3) is 0.0500. The molecule has 0 amide bonds. The summed E-state index contributed by atoms with van der Waals surface area (Å²) in [7, 11) is 0. The van der Waals surface area contributed by atoms with E-state index in [-0.39, 0.29) is 12.3 Å². The molecule has 130 valence electrons. The molecule has 0 spiro atoms. The zero-order valence-electron chi connectivity index (χ0n) is 13.7. The highest BCUT2D eigenvalue weighted by Gasteiger charge is 2.14. The van der Waals surface area contributed by atoms with Crippen LogP contribution in [-0.4, -0.2) is 10.9 Å². The number of carbonyl (C=O) groups excluding carboxylic acids is 1. The maximum Gasteiger partial charge on any atom is 0.342 e. The summed E-state index contributed by atoms with van der Waals surface area (Å²) in [6, 6.07) is 21.8. The molecule has 0 aromatic heterocycles. The largest absolute Gasteiger partial charge is 0.457 e. The molecule has 3 aromatic rings. The third-order valence-electron chi connectivity index (χ3n) is 3.60. The molecule has 0 saturated heterocycles. The molecule has 0 heterocycles. The van der Waals surface area contributed by atoms with E-state index in [1.54, 1.807) is 48.5 Å². The molecule has 3 aromatic carbocycles. The Morgan fingerprint density at radius 3 is 2.23 bits per heavy atom. The lowest BCUT2D eigenvalue weighted by molar-refractivity contribution is -0.384. The Balaban J connectivity index is 1.69. The second-order valence-electron chi connectivity index (χ2n) is 5.41. The Bertz CT molecular complexity index is 907. The van der Waals surface area contributed by atoms with E-state index in [1.165, 1.54) is 12.1 Å². The van der Waals surface area contributed by atoms with Gasteiger partial charge in [-0.1, -0.05) is 30.3 Å². The molecular formula is C20H15NO5. The molecular weight excluding hydrogens is 334 g/mol. The highest BCUT2D eigenvalue weighted by atomic mass is 16.6. The molecule has 0 bridgehead atoms. The van der Waals surface area contributed by atoms with Crippen molar-refractivity contribution in [3.8, 4) is 11.5 Å². The van der Waals surface area contributed by atoms with Crippen LogP contribution >= 0.6 is 0 Å². The third-order valence-corrected chi connectivity index (χ3v) is 3.60. The lowest BCUT2D eigenvalue weighted by Crippen LogP contribution is -2.07. The Morgan fingerprint density at radius 2 is 1.54 bits per heavy atom. The monoisotopic (exact) mass is 349 g/mol. The van der Waals surface area contributed by atoms with Crippen LogP contribution in [0.4, 0.5) is 5.69 Å². The molecule has 0 saturated carbocycles. The summed E-state index contributed by atoms with van der Waals surface area (Å²) in [4.78, 5) is 22.6. The Hall–Kier alpha value is -3.67. The number of esters is 1. The predicted octanol–water partition coefficient (Wildman–Crippen LogP) is 4.74. The van der Waals surface area contributed by atoms with Crippen LogP contribution < -0.4 is 4.74 Å². The van der Waals surface area contributed by atoms with Crippen LogP contribution in [0.15, 0.2) is 78.9 Å². The van der Waals surface area contributed by atoms with Crippen molar-refractivity contribution in [1.29, 1.82) is 0 Å². The van der Waals surface area contributed by atoms with Gasteiger partial charge in [-0.2, -0.15) is 0 Å². The topological polar surface area (TPSA) is 78.7 Å². The van der Waals surface area contributed by atoms with Gasteiger partial charge in [0.05, 0.1) is 4.92 Å². The average Bonchev–Trinajstić information content (AvgIpc) is 2.67. The number of ether oxygens (including phenoxy) is 2. The first-order chi connectivity index (χ1) is 12.6. The molecule has 3 rings (SSSR count). The number of hydrogen-bond donors (Lipinski definition) is 0. The number of non-ortho nitro benzene ring substituents is 1. The first-order valence-corrected chi connectivity index (χ1v) is 7.86. The number of para-hydroxylation sites is 2. The van der Waals surface area contributed by atoms with Gasteiger partial charge in [-0.05, 0) is 42.0 Å². The van der Waals surface area contributed by atoms with E-state index in [4.69, 9.17) is 9.47 Å². The van der Waals surface area contributed by atoms with Crippen LogP contribution in [0.1, 0.15) is 15.9 Å². The molecule has 0 unspecified atom stereocenters. The molecule has 0 aliphatic heterocycles. The maximum atomic E-state index is 12.4. The molecule has 0 fully saturated rings. The van der Waals surface area contributed by atoms with Crippen molar-refractivity contribution < 1.29 is 19.2 Å². The van der Waals surface area contributed by atoms with E-state index in [0.717, 1.165) is 0 Å². The van der Waals surface area contributed by atoms with Crippen LogP contribution in [0, 0.1) is 10.1 Å². The smallest absolute Gasteiger partial charge is 0.342 e. The normalized spacial score (nSPS) is 10.2. The molecule has 0 aliphatic carbocycles. The lowest BCUT2D eigenvalue weighted by atomic mass is 10.2. The first-order valence-electron chi connectivity index (χ1n) is 7.86. The van der Waals surface area contributed by atoms with Gasteiger partial charge in [0.1, 0.15) is 23.7 Å². The first kappa shape index (κ1) is 17.2. The van der Waals surface area contributed by atoms with Crippen LogP contribution in [0.2, 0.25) is 0 Å². The van der Waals surface area contributed by atoms with Crippen molar-refractivity contribution in [1.82, 2.24) is 0 Å². The Morgan fingerprint density at radius 1 is 0.885 bits per heavy atom. The van der Waals surface area contributed by atoms with Crippen molar-refractivity contribution >= 4 is 11.7 Å². The number of benzene rings is 3. The quantitative estimate of drug-likeness (QED) is 0.365. The van der Waals surface area contributed by atoms with Gasteiger partial charge in [0.15, 0.2) is 0 Å². The number of nitrogens with zero attached hydrogens (tertiary/aromatic N) is 1. The molecule has 6 nitrogen and oxygen atoms in total. The van der Waals surface area contributed by atoms with E-state index in [1.807, 2.05) is 18.2 Å². The summed E-state index contributed by atoms with van der Waals surface area (Å²) in [5.74, 6) is 0.477. The van der Waals surface area contributed by atoms with Gasteiger partial charge in [-0.3, -0.25) is 10.1 Å². The minimum absolute atomic E-state index is 0.0104. The van der Waals surface area contributed by atoms with Gasteiger partial charge in [0.2, 0.25) is 0 Å². The van der Waals surface area contributed by atoms with E-state index < -0.39 is 10.9 Å². The highest BCUT2D eigenvalue weighted by Crippen LogP contribution is 2.26. The third kappa shape index (κ3) is 4.24. The molecule has 6 heteroatoms. The Kier molecular flexibility index (Phi) is 5.24. The summed E-state index contributed by atoms with van der Waals surface area (Å²) in [5.41, 5.74) is 0.949. The second-order valence-corrected chi connectivity index (χ2v) is 5.41. The zero-order valence-corrected chi connectivity index (χ0v) is 13.7. The van der Waals surface area contributed by atoms with Crippen molar-refractivity contribution in [3.05, 3.63) is 100 Å². The highest BCUT2D eigenvalue weighted by molar-refractivity contribution is 5.92. The molecule has 0 atom stereocenters. The SMILES string of the molecule is O=C(OCc1ccc([N+](=O)[O-])cc1)c1ccccc1Oc1ccccc1. The van der Waals surface area contributed by atoms with Gasteiger partial charge >= 0.3 is 5.97 Å². The lowest BCUT2D eigenvalue weighted by Gasteiger charge is -2.11. The van der Waals surface area contributed by atoms with Crippen molar-refractivity contribution in [3.63, 3.8) is 0 Å². The summed E-state index contributed by atoms with van der Waals surface area (Å²) in [6.45, 7) is 0.0104. The summed E-state index contributed by atoms with van der Waals surface area (Å²) < 4.78 is 11.1. The second kappa shape index (κ2) is 7.94. The van der Waals surface area contributed by atoms with Gasteiger partial charge in [0.25, 0.3) is 5.69 Å². The summed E-state index contributed by atoms with van der Waals surface area (Å²) >= 11 is 0. The predicted molar refractivity (Wildman–Crippen MR) is 95.2 cm³/mol. The van der Waals surface area contributed by atoms with E-state index in [2.05, 4.69) is 0 Å². The molecule has 26 heavy (non-hydrogen) atoms. The van der Waals surface area contributed by atoms with Gasteiger partial charge in [-0.15, -0.1) is 0 Å². The Labute approximate surface area is 149 Å². The maximum absolute atomic E-state index is 12.4. The standard InChI is InChI=1S/C20H15NO5/c22-20(25-14-15-10-12-16(13-11-15)21(23)24)18-8-4-5-9-19(18)26-17-6-2-1-3-7-17/h1-13H,14H2. The number of nitro benzene ring substituents is 1. The fourth-order valence-electron chi connectivity index (χ4n) is 2.28. The minimum atomic E-state index is -0.533. The van der Waals surface area contributed by atoms with Crippen LogP contribution in [0.5, 0.6) is 11.5 Å². The van der Waals surface area contributed by atoms with Crippen molar-refractivity contribution in [2.24, 2.45) is 0 Å². The average molecular weight is 349 g/mol. The zero-order chi connectivity index (χ0) is 18.4. The van der Waals surface area contributed by atoms with Crippen molar-refractivity contribution in [2.75, 3.05) is 0 Å². The van der Waals surface area contributed by atoms with E-state index in [0.29, 0.717) is 22.6 Å². The molecule has 0 radical (unpaired) electrons. The fourth-order valence-corrected chi connectivity index (χ4v) is 2.28. The number of carbonyl (C=O) groups is 1. The number of hydrogen-bond acceptors (Lipinski definition) is 5. The van der Waals surface area contributed by atoms with E-state index in [9.17, 15) is 14.9 Å². The molecule has 0 aliphatic rings.